The van der Waals surface area contributed by atoms with E-state index in [4.69, 9.17) is 11.6 Å². The summed E-state index contributed by atoms with van der Waals surface area (Å²) >= 11 is 5.88. The van der Waals surface area contributed by atoms with Gasteiger partial charge in [0.2, 0.25) is 11.8 Å². The van der Waals surface area contributed by atoms with E-state index in [0.717, 1.165) is 29.7 Å². The average molecular weight is 357 g/mol. The number of hydrogen-bond acceptors (Lipinski definition) is 2. The molecule has 0 aliphatic heterocycles. The van der Waals surface area contributed by atoms with Gasteiger partial charge in [0.25, 0.3) is 0 Å². The van der Waals surface area contributed by atoms with Crippen LogP contribution < -0.4 is 10.6 Å². The quantitative estimate of drug-likeness (QED) is 0.824. The molecule has 25 heavy (non-hydrogen) atoms. The first-order valence-corrected chi connectivity index (χ1v) is 8.83. The Kier molecular flexibility index (Phi) is 5.39. The summed E-state index contributed by atoms with van der Waals surface area (Å²) < 4.78 is 0. The molecule has 0 saturated heterocycles. The monoisotopic (exact) mass is 356 g/mol. The van der Waals surface area contributed by atoms with Gasteiger partial charge in [-0.05, 0) is 55.2 Å². The molecule has 4 nitrogen and oxygen atoms in total. The van der Waals surface area contributed by atoms with Crippen LogP contribution in [-0.2, 0) is 16.0 Å². The smallest absolute Gasteiger partial charge is 0.231 e. The molecule has 2 aromatic rings. The first-order valence-electron chi connectivity index (χ1n) is 8.46. The van der Waals surface area contributed by atoms with Crippen LogP contribution in [0.1, 0.15) is 36.8 Å². The van der Waals surface area contributed by atoms with Crippen LogP contribution in [0.2, 0.25) is 5.02 Å². The molecule has 1 unspecified atom stereocenters. The van der Waals surface area contributed by atoms with Crippen LogP contribution in [0, 0.1) is 0 Å². The first kappa shape index (κ1) is 17.5. The van der Waals surface area contributed by atoms with Crippen LogP contribution in [-0.4, -0.2) is 17.9 Å². The van der Waals surface area contributed by atoms with Gasteiger partial charge in [-0.1, -0.05) is 35.9 Å². The third-order valence-corrected chi connectivity index (χ3v) is 4.54. The van der Waals surface area contributed by atoms with Gasteiger partial charge in [0.05, 0.1) is 12.3 Å². The second-order valence-electron chi connectivity index (χ2n) is 6.48. The molecule has 0 bridgehead atoms. The Bertz CT molecular complexity index is 752. The lowest BCUT2D eigenvalue weighted by atomic mass is 10.0. The fourth-order valence-corrected chi connectivity index (χ4v) is 2.68. The number of nitrogens with one attached hydrogen (secondary N) is 2. The SMILES string of the molecule is CC(C(=O)Nc1ccc(CC(=O)NC2CC2)cc1)c1ccc(Cl)cc1. The van der Waals surface area contributed by atoms with Crippen molar-refractivity contribution in [2.24, 2.45) is 0 Å². The predicted molar refractivity (Wildman–Crippen MR) is 99.8 cm³/mol. The molecule has 0 spiro atoms. The molecule has 5 heteroatoms. The van der Waals surface area contributed by atoms with Gasteiger partial charge >= 0.3 is 0 Å². The highest BCUT2D eigenvalue weighted by Crippen LogP contribution is 2.21. The van der Waals surface area contributed by atoms with Crippen LogP contribution in [0.3, 0.4) is 0 Å². The van der Waals surface area contributed by atoms with Crippen molar-refractivity contribution in [3.8, 4) is 0 Å². The van der Waals surface area contributed by atoms with E-state index in [2.05, 4.69) is 10.6 Å². The number of carbonyl (C=O) groups excluding carboxylic acids is 2. The number of benzene rings is 2. The number of rotatable bonds is 6. The van der Waals surface area contributed by atoms with E-state index < -0.39 is 0 Å². The van der Waals surface area contributed by atoms with Gasteiger partial charge < -0.3 is 10.6 Å². The minimum atomic E-state index is -0.277. The van der Waals surface area contributed by atoms with Crippen LogP contribution in [0.4, 0.5) is 5.69 Å². The molecule has 2 amide bonds. The lowest BCUT2D eigenvalue weighted by molar-refractivity contribution is -0.120. The minimum absolute atomic E-state index is 0.0515. The second-order valence-corrected chi connectivity index (χ2v) is 6.91. The zero-order chi connectivity index (χ0) is 17.8. The highest BCUT2D eigenvalue weighted by molar-refractivity contribution is 6.30. The van der Waals surface area contributed by atoms with Crippen molar-refractivity contribution in [1.82, 2.24) is 5.32 Å². The average Bonchev–Trinajstić information content (AvgIpc) is 3.40. The number of anilines is 1. The van der Waals surface area contributed by atoms with Crippen molar-refractivity contribution >= 4 is 29.1 Å². The van der Waals surface area contributed by atoms with Gasteiger partial charge in [-0.3, -0.25) is 9.59 Å². The fourth-order valence-electron chi connectivity index (χ4n) is 2.55. The molecule has 3 rings (SSSR count). The summed E-state index contributed by atoms with van der Waals surface area (Å²) in [4.78, 5) is 24.2. The van der Waals surface area contributed by atoms with Gasteiger partial charge in [-0.15, -0.1) is 0 Å². The number of hydrogen-bond donors (Lipinski definition) is 2. The molecule has 2 N–H and O–H groups in total. The molecule has 1 atom stereocenters. The van der Waals surface area contributed by atoms with Crippen LogP contribution in [0.5, 0.6) is 0 Å². The highest BCUT2D eigenvalue weighted by atomic mass is 35.5. The molecule has 0 radical (unpaired) electrons. The molecule has 2 aromatic carbocycles. The Morgan fingerprint density at radius 2 is 1.72 bits per heavy atom. The number of carbonyl (C=O) groups is 2. The molecule has 0 aromatic heterocycles. The number of amides is 2. The van der Waals surface area contributed by atoms with Crippen molar-refractivity contribution in [2.75, 3.05) is 5.32 Å². The van der Waals surface area contributed by atoms with Gasteiger partial charge in [-0.25, -0.2) is 0 Å². The van der Waals surface area contributed by atoms with E-state index in [1.54, 1.807) is 12.1 Å². The molecule has 130 valence electrons. The van der Waals surface area contributed by atoms with E-state index in [1.807, 2.05) is 43.3 Å². The van der Waals surface area contributed by atoms with Crippen molar-refractivity contribution in [3.05, 3.63) is 64.7 Å². The normalized spacial score (nSPS) is 14.6. The Balaban J connectivity index is 1.55. The maximum absolute atomic E-state index is 12.4. The lowest BCUT2D eigenvalue weighted by Gasteiger charge is -2.13. The van der Waals surface area contributed by atoms with E-state index >= 15 is 0 Å². The summed E-state index contributed by atoms with van der Waals surface area (Å²) in [6, 6.07) is 15.0. The standard InChI is InChI=1S/C20H21ClN2O2/c1-13(15-4-6-16(21)7-5-15)20(25)23-18-8-2-14(3-9-18)12-19(24)22-17-10-11-17/h2-9,13,17H,10-12H2,1H3,(H,22,24)(H,23,25). The van der Waals surface area contributed by atoms with E-state index in [-0.39, 0.29) is 17.7 Å². The summed E-state index contributed by atoms with van der Waals surface area (Å²) in [6.07, 6.45) is 2.54. The second kappa shape index (κ2) is 7.70. The minimum Gasteiger partial charge on any atom is -0.353 e. The maximum Gasteiger partial charge on any atom is 0.231 e. The highest BCUT2D eigenvalue weighted by Gasteiger charge is 2.23. The fraction of sp³-hybridized carbons (Fsp3) is 0.300. The largest absolute Gasteiger partial charge is 0.353 e. The summed E-state index contributed by atoms with van der Waals surface area (Å²) in [5, 5.41) is 6.52. The zero-order valence-corrected chi connectivity index (χ0v) is 14.8. The summed E-state index contributed by atoms with van der Waals surface area (Å²) in [7, 11) is 0. The summed E-state index contributed by atoms with van der Waals surface area (Å²) in [5.74, 6) is -0.307. The maximum atomic E-state index is 12.4. The zero-order valence-electron chi connectivity index (χ0n) is 14.1. The molecular formula is C20H21ClN2O2. The van der Waals surface area contributed by atoms with Crippen molar-refractivity contribution in [3.63, 3.8) is 0 Å². The topological polar surface area (TPSA) is 58.2 Å². The van der Waals surface area contributed by atoms with E-state index in [1.165, 1.54) is 0 Å². The molecular weight excluding hydrogens is 336 g/mol. The van der Waals surface area contributed by atoms with Crippen LogP contribution in [0.25, 0.3) is 0 Å². The molecule has 0 heterocycles. The van der Waals surface area contributed by atoms with E-state index in [9.17, 15) is 9.59 Å². The molecule has 1 aliphatic rings. The lowest BCUT2D eigenvalue weighted by Crippen LogP contribution is -2.26. The first-order chi connectivity index (χ1) is 12.0. The third kappa shape index (κ3) is 5.07. The summed E-state index contributed by atoms with van der Waals surface area (Å²) in [6.45, 7) is 1.86. The van der Waals surface area contributed by atoms with Crippen LogP contribution in [0.15, 0.2) is 48.5 Å². The van der Waals surface area contributed by atoms with Gasteiger partial charge in [-0.2, -0.15) is 0 Å². The van der Waals surface area contributed by atoms with Crippen molar-refractivity contribution < 1.29 is 9.59 Å². The van der Waals surface area contributed by atoms with Gasteiger partial charge in [0.1, 0.15) is 0 Å². The van der Waals surface area contributed by atoms with Crippen molar-refractivity contribution in [1.29, 1.82) is 0 Å². The van der Waals surface area contributed by atoms with Crippen molar-refractivity contribution in [2.45, 2.75) is 38.1 Å². The predicted octanol–water partition coefficient (Wildman–Crippen LogP) is 3.90. The Morgan fingerprint density at radius 3 is 2.32 bits per heavy atom. The van der Waals surface area contributed by atoms with E-state index in [0.29, 0.717) is 17.5 Å². The molecule has 1 fully saturated rings. The summed E-state index contributed by atoms with van der Waals surface area (Å²) in [5.41, 5.74) is 2.56. The Labute approximate surface area is 152 Å². The van der Waals surface area contributed by atoms with Crippen LogP contribution >= 0.6 is 11.6 Å². The van der Waals surface area contributed by atoms with Gasteiger partial charge in [0, 0.05) is 16.8 Å². The number of halogens is 1. The Hall–Kier alpha value is -2.33. The Morgan fingerprint density at radius 1 is 1.08 bits per heavy atom. The van der Waals surface area contributed by atoms with Gasteiger partial charge in [0.15, 0.2) is 0 Å². The molecule has 1 aliphatic carbocycles. The third-order valence-electron chi connectivity index (χ3n) is 4.29. The molecule has 1 saturated carbocycles.